The Morgan fingerprint density at radius 2 is 2.10 bits per heavy atom. The van der Waals surface area contributed by atoms with Crippen molar-refractivity contribution in [2.75, 3.05) is 11.9 Å². The second-order valence-electron chi connectivity index (χ2n) is 5.20. The zero-order chi connectivity index (χ0) is 14.5. The molecule has 0 radical (unpaired) electrons. The van der Waals surface area contributed by atoms with Crippen LogP contribution in [0.5, 0.6) is 5.75 Å². The fraction of sp³-hybridized carbons (Fsp3) is 0.375. The van der Waals surface area contributed by atoms with Gasteiger partial charge in [-0.2, -0.15) is 0 Å². The van der Waals surface area contributed by atoms with Gasteiger partial charge in [-0.05, 0) is 47.0 Å². The molecule has 0 bridgehead atoms. The normalized spacial score (nSPS) is 10.8. The third-order valence-electron chi connectivity index (χ3n) is 2.79. The molecule has 0 fully saturated rings. The summed E-state index contributed by atoms with van der Waals surface area (Å²) in [6.07, 6.45) is 0. The van der Waals surface area contributed by atoms with Crippen molar-refractivity contribution < 1.29 is 4.74 Å². The Labute approximate surface area is 133 Å². The molecule has 2 rings (SSSR count). The topological polar surface area (TPSA) is 21.3 Å². The van der Waals surface area contributed by atoms with Gasteiger partial charge in [0.15, 0.2) is 0 Å². The maximum atomic E-state index is 5.74. The fourth-order valence-corrected chi connectivity index (χ4v) is 3.29. The van der Waals surface area contributed by atoms with Gasteiger partial charge in [-0.3, -0.25) is 0 Å². The minimum absolute atomic E-state index is 0.540. The molecule has 0 spiro atoms. The van der Waals surface area contributed by atoms with Crippen LogP contribution in [0.1, 0.15) is 23.6 Å². The number of ether oxygens (including phenoxy) is 1. The van der Waals surface area contributed by atoms with Gasteiger partial charge < -0.3 is 10.1 Å². The molecule has 0 aliphatic rings. The van der Waals surface area contributed by atoms with Gasteiger partial charge in [0.25, 0.3) is 0 Å². The molecule has 0 unspecified atom stereocenters. The number of rotatable bonds is 6. The number of aryl methyl sites for hydroxylation is 1. The Hall–Kier alpha value is -1.00. The van der Waals surface area contributed by atoms with E-state index >= 15 is 0 Å². The lowest BCUT2D eigenvalue weighted by Gasteiger charge is -2.10. The summed E-state index contributed by atoms with van der Waals surface area (Å²) in [5, 5.41) is 3.44. The summed E-state index contributed by atoms with van der Waals surface area (Å²) in [7, 11) is 0. The highest BCUT2D eigenvalue weighted by atomic mass is 79.9. The standard InChI is InChI=1S/C16H20BrNOS/c1-11(2)10-19-14-6-4-5-13(7-14)18-9-15-8-16(17)12(3)20-15/h4-8,11,18H,9-10H2,1-3H3. The van der Waals surface area contributed by atoms with E-state index in [9.17, 15) is 0 Å². The monoisotopic (exact) mass is 353 g/mol. The Morgan fingerprint density at radius 3 is 2.75 bits per heavy atom. The van der Waals surface area contributed by atoms with Crippen LogP contribution in [0, 0.1) is 12.8 Å². The van der Waals surface area contributed by atoms with Crippen molar-refractivity contribution in [3.05, 3.63) is 44.6 Å². The average Bonchev–Trinajstić information content (AvgIpc) is 2.74. The van der Waals surface area contributed by atoms with Crippen LogP contribution in [-0.4, -0.2) is 6.61 Å². The van der Waals surface area contributed by atoms with E-state index in [1.807, 2.05) is 23.5 Å². The maximum Gasteiger partial charge on any atom is 0.121 e. The molecule has 1 heterocycles. The van der Waals surface area contributed by atoms with Gasteiger partial charge in [-0.15, -0.1) is 11.3 Å². The highest BCUT2D eigenvalue weighted by molar-refractivity contribution is 9.10. The summed E-state index contributed by atoms with van der Waals surface area (Å²) in [6.45, 7) is 8.02. The zero-order valence-electron chi connectivity index (χ0n) is 12.1. The second-order valence-corrected chi connectivity index (χ2v) is 7.40. The first-order valence-electron chi connectivity index (χ1n) is 6.76. The lowest BCUT2D eigenvalue weighted by atomic mass is 10.2. The molecule has 0 amide bonds. The minimum Gasteiger partial charge on any atom is -0.493 e. The number of halogens is 1. The van der Waals surface area contributed by atoms with Crippen LogP contribution in [0.15, 0.2) is 34.8 Å². The van der Waals surface area contributed by atoms with Crippen LogP contribution < -0.4 is 10.1 Å². The largest absolute Gasteiger partial charge is 0.493 e. The number of hydrogen-bond acceptors (Lipinski definition) is 3. The van der Waals surface area contributed by atoms with Crippen LogP contribution >= 0.6 is 27.3 Å². The van der Waals surface area contributed by atoms with Crippen LogP contribution in [-0.2, 0) is 6.54 Å². The van der Waals surface area contributed by atoms with E-state index in [1.54, 1.807) is 0 Å². The summed E-state index contributed by atoms with van der Waals surface area (Å²) in [5.74, 6) is 1.46. The van der Waals surface area contributed by atoms with Gasteiger partial charge in [0.2, 0.25) is 0 Å². The first-order valence-corrected chi connectivity index (χ1v) is 8.37. The molecule has 108 valence electrons. The maximum absolute atomic E-state index is 5.74. The number of thiophene rings is 1. The van der Waals surface area contributed by atoms with Crippen LogP contribution in [0.2, 0.25) is 0 Å². The molecule has 1 aromatic carbocycles. The lowest BCUT2D eigenvalue weighted by molar-refractivity contribution is 0.271. The SMILES string of the molecule is Cc1sc(CNc2cccc(OCC(C)C)c2)cc1Br. The quantitative estimate of drug-likeness (QED) is 0.743. The molecule has 0 saturated heterocycles. The highest BCUT2D eigenvalue weighted by Gasteiger charge is 2.03. The van der Waals surface area contributed by atoms with E-state index < -0.39 is 0 Å². The van der Waals surface area contributed by atoms with E-state index in [2.05, 4.69) is 60.2 Å². The van der Waals surface area contributed by atoms with Crippen molar-refractivity contribution in [1.82, 2.24) is 0 Å². The second kappa shape index (κ2) is 7.14. The average molecular weight is 354 g/mol. The Bertz CT molecular complexity index is 546. The minimum atomic E-state index is 0.540. The predicted molar refractivity (Wildman–Crippen MR) is 90.9 cm³/mol. The molecule has 1 aromatic heterocycles. The number of nitrogens with one attached hydrogen (secondary N) is 1. The molecular weight excluding hydrogens is 334 g/mol. The van der Waals surface area contributed by atoms with Gasteiger partial charge in [0, 0.05) is 32.5 Å². The van der Waals surface area contributed by atoms with Crippen LogP contribution in [0.25, 0.3) is 0 Å². The lowest BCUT2D eigenvalue weighted by Crippen LogP contribution is -2.05. The van der Waals surface area contributed by atoms with E-state index in [0.29, 0.717) is 5.92 Å². The molecule has 4 heteroatoms. The van der Waals surface area contributed by atoms with Crippen molar-refractivity contribution >= 4 is 33.0 Å². The third-order valence-corrected chi connectivity index (χ3v) is 4.93. The fourth-order valence-electron chi connectivity index (χ4n) is 1.75. The van der Waals surface area contributed by atoms with Crippen LogP contribution in [0.3, 0.4) is 0 Å². The summed E-state index contributed by atoms with van der Waals surface area (Å²) in [4.78, 5) is 2.64. The van der Waals surface area contributed by atoms with Crippen molar-refractivity contribution in [2.24, 2.45) is 5.92 Å². The summed E-state index contributed by atoms with van der Waals surface area (Å²) < 4.78 is 6.93. The smallest absolute Gasteiger partial charge is 0.121 e. The van der Waals surface area contributed by atoms with Gasteiger partial charge in [-0.25, -0.2) is 0 Å². The molecule has 20 heavy (non-hydrogen) atoms. The Morgan fingerprint density at radius 1 is 1.30 bits per heavy atom. The molecule has 1 N–H and O–H groups in total. The third kappa shape index (κ3) is 4.53. The number of benzene rings is 1. The van der Waals surface area contributed by atoms with Crippen molar-refractivity contribution in [1.29, 1.82) is 0 Å². The molecule has 0 saturated carbocycles. The number of hydrogen-bond donors (Lipinski definition) is 1. The van der Waals surface area contributed by atoms with Crippen molar-refractivity contribution in [3.63, 3.8) is 0 Å². The first-order chi connectivity index (χ1) is 9.54. The van der Waals surface area contributed by atoms with Gasteiger partial charge in [0.05, 0.1) is 6.61 Å². The van der Waals surface area contributed by atoms with E-state index in [-0.39, 0.29) is 0 Å². The summed E-state index contributed by atoms with van der Waals surface area (Å²) in [6, 6.07) is 10.3. The van der Waals surface area contributed by atoms with Gasteiger partial charge in [-0.1, -0.05) is 19.9 Å². The van der Waals surface area contributed by atoms with Crippen LogP contribution in [0.4, 0.5) is 5.69 Å². The van der Waals surface area contributed by atoms with Crippen molar-refractivity contribution in [2.45, 2.75) is 27.3 Å². The Balaban J connectivity index is 1.94. The Kier molecular flexibility index (Phi) is 5.49. The zero-order valence-corrected chi connectivity index (χ0v) is 14.5. The molecule has 0 aliphatic carbocycles. The number of anilines is 1. The summed E-state index contributed by atoms with van der Waals surface area (Å²) in [5.41, 5.74) is 1.09. The van der Waals surface area contributed by atoms with Crippen molar-refractivity contribution in [3.8, 4) is 5.75 Å². The molecule has 0 aliphatic heterocycles. The first kappa shape index (κ1) is 15.4. The van der Waals surface area contributed by atoms with E-state index in [4.69, 9.17) is 4.74 Å². The van der Waals surface area contributed by atoms with Gasteiger partial charge >= 0.3 is 0 Å². The molecule has 2 nitrogen and oxygen atoms in total. The summed E-state index contributed by atoms with van der Waals surface area (Å²) >= 11 is 5.36. The van der Waals surface area contributed by atoms with E-state index in [0.717, 1.165) is 24.6 Å². The molecule has 0 atom stereocenters. The molecular formula is C16H20BrNOS. The predicted octanol–water partition coefficient (Wildman–Crippen LogP) is 5.47. The van der Waals surface area contributed by atoms with Gasteiger partial charge in [0.1, 0.15) is 5.75 Å². The molecule has 2 aromatic rings. The van der Waals surface area contributed by atoms with E-state index in [1.165, 1.54) is 14.2 Å². The highest BCUT2D eigenvalue weighted by Crippen LogP contribution is 2.27.